The van der Waals surface area contributed by atoms with E-state index in [0.29, 0.717) is 11.4 Å². The van der Waals surface area contributed by atoms with Crippen molar-refractivity contribution in [3.63, 3.8) is 0 Å². The molecule has 0 spiro atoms. The van der Waals surface area contributed by atoms with Gasteiger partial charge in [0, 0.05) is 5.69 Å². The van der Waals surface area contributed by atoms with Crippen molar-refractivity contribution in [1.29, 1.82) is 0 Å². The van der Waals surface area contributed by atoms with Crippen LogP contribution in [-0.4, -0.2) is 16.7 Å². The average Bonchev–Trinajstić information content (AvgIpc) is 2.07. The Morgan fingerprint density at radius 2 is 2.33 bits per heavy atom. The molecule has 0 unspecified atom stereocenters. The standard InChI is InChI=1S/C9H12N2O/c1-7-4-5-8(10)9(11-7)3-2-6-12/h2-5,12H,6,10H2,1H3. The summed E-state index contributed by atoms with van der Waals surface area (Å²) in [5.74, 6) is 0. The van der Waals surface area contributed by atoms with Crippen LogP contribution in [0.4, 0.5) is 5.69 Å². The normalized spacial score (nSPS) is 10.8. The molecule has 0 aromatic carbocycles. The number of nitrogens with two attached hydrogens (primary N) is 1. The summed E-state index contributed by atoms with van der Waals surface area (Å²) in [6.07, 6.45) is 3.32. The van der Waals surface area contributed by atoms with E-state index in [2.05, 4.69) is 4.98 Å². The van der Waals surface area contributed by atoms with Gasteiger partial charge in [0.2, 0.25) is 0 Å². The number of anilines is 1. The topological polar surface area (TPSA) is 59.1 Å². The third kappa shape index (κ3) is 2.07. The third-order valence-electron chi connectivity index (χ3n) is 1.48. The molecule has 64 valence electrons. The second kappa shape index (κ2) is 3.88. The lowest BCUT2D eigenvalue weighted by Crippen LogP contribution is -1.94. The van der Waals surface area contributed by atoms with Gasteiger partial charge in [0.1, 0.15) is 0 Å². The van der Waals surface area contributed by atoms with Crippen molar-refractivity contribution in [2.75, 3.05) is 12.3 Å². The molecule has 1 aromatic heterocycles. The zero-order chi connectivity index (χ0) is 8.97. The van der Waals surface area contributed by atoms with Gasteiger partial charge in [0.15, 0.2) is 0 Å². The molecule has 0 aliphatic heterocycles. The summed E-state index contributed by atoms with van der Waals surface area (Å²) in [6, 6.07) is 3.66. The van der Waals surface area contributed by atoms with Gasteiger partial charge in [-0.2, -0.15) is 0 Å². The first kappa shape index (κ1) is 8.74. The molecular weight excluding hydrogens is 152 g/mol. The van der Waals surface area contributed by atoms with Crippen LogP contribution in [0.1, 0.15) is 11.4 Å². The molecule has 0 atom stereocenters. The smallest absolute Gasteiger partial charge is 0.0859 e. The summed E-state index contributed by atoms with van der Waals surface area (Å²) in [5.41, 5.74) is 7.90. The fourth-order valence-electron chi connectivity index (χ4n) is 0.885. The highest BCUT2D eigenvalue weighted by molar-refractivity contribution is 5.60. The monoisotopic (exact) mass is 164 g/mol. The zero-order valence-corrected chi connectivity index (χ0v) is 6.99. The Balaban J connectivity index is 2.97. The lowest BCUT2D eigenvalue weighted by Gasteiger charge is -1.99. The van der Waals surface area contributed by atoms with Crippen molar-refractivity contribution in [3.05, 3.63) is 29.6 Å². The maximum atomic E-state index is 8.53. The summed E-state index contributed by atoms with van der Waals surface area (Å²) in [4.78, 5) is 4.19. The highest BCUT2D eigenvalue weighted by Crippen LogP contribution is 2.10. The molecule has 0 aliphatic carbocycles. The minimum atomic E-state index is 0.00899. The number of aliphatic hydroxyl groups is 1. The fraction of sp³-hybridized carbons (Fsp3) is 0.222. The molecule has 3 N–H and O–H groups in total. The first-order valence-corrected chi connectivity index (χ1v) is 3.74. The number of aliphatic hydroxyl groups excluding tert-OH is 1. The minimum absolute atomic E-state index is 0.00899. The largest absolute Gasteiger partial charge is 0.397 e. The van der Waals surface area contributed by atoms with Crippen molar-refractivity contribution in [3.8, 4) is 0 Å². The second-order valence-electron chi connectivity index (χ2n) is 2.51. The van der Waals surface area contributed by atoms with Crippen molar-refractivity contribution in [2.45, 2.75) is 6.92 Å². The Labute approximate surface area is 71.6 Å². The summed E-state index contributed by atoms with van der Waals surface area (Å²) < 4.78 is 0. The van der Waals surface area contributed by atoms with Gasteiger partial charge in [-0.3, -0.25) is 4.98 Å². The molecule has 0 saturated heterocycles. The number of pyridine rings is 1. The predicted molar refractivity (Wildman–Crippen MR) is 49.5 cm³/mol. The van der Waals surface area contributed by atoms with Crippen molar-refractivity contribution < 1.29 is 5.11 Å². The number of hydrogen-bond acceptors (Lipinski definition) is 3. The highest BCUT2D eigenvalue weighted by Gasteiger charge is 1.95. The van der Waals surface area contributed by atoms with Crippen LogP contribution in [-0.2, 0) is 0 Å². The van der Waals surface area contributed by atoms with Gasteiger partial charge in [0.25, 0.3) is 0 Å². The van der Waals surface area contributed by atoms with Crippen LogP contribution in [0, 0.1) is 6.92 Å². The predicted octanol–water partition coefficient (Wildman–Crippen LogP) is 0.978. The summed E-state index contributed by atoms with van der Waals surface area (Å²) in [6.45, 7) is 1.91. The van der Waals surface area contributed by atoms with E-state index in [1.54, 1.807) is 18.2 Å². The van der Waals surface area contributed by atoms with Gasteiger partial charge in [-0.25, -0.2) is 0 Å². The van der Waals surface area contributed by atoms with Gasteiger partial charge in [0.05, 0.1) is 18.0 Å². The van der Waals surface area contributed by atoms with E-state index in [9.17, 15) is 0 Å². The minimum Gasteiger partial charge on any atom is -0.397 e. The van der Waals surface area contributed by atoms with E-state index < -0.39 is 0 Å². The molecule has 3 nitrogen and oxygen atoms in total. The maximum Gasteiger partial charge on any atom is 0.0859 e. The summed E-state index contributed by atoms with van der Waals surface area (Å²) >= 11 is 0. The van der Waals surface area contributed by atoms with Crippen LogP contribution < -0.4 is 5.73 Å². The lowest BCUT2D eigenvalue weighted by molar-refractivity contribution is 0.343. The van der Waals surface area contributed by atoms with E-state index in [1.807, 2.05) is 13.0 Å². The van der Waals surface area contributed by atoms with Crippen LogP contribution in [0.2, 0.25) is 0 Å². The Kier molecular flexibility index (Phi) is 2.82. The molecule has 0 fully saturated rings. The number of nitrogens with zero attached hydrogens (tertiary/aromatic N) is 1. The number of aromatic nitrogens is 1. The van der Waals surface area contributed by atoms with Crippen LogP contribution in [0.3, 0.4) is 0 Å². The van der Waals surface area contributed by atoms with Gasteiger partial charge in [-0.1, -0.05) is 6.08 Å². The first-order chi connectivity index (χ1) is 5.74. The SMILES string of the molecule is Cc1ccc(N)c(C=CCO)n1. The molecule has 12 heavy (non-hydrogen) atoms. The van der Waals surface area contributed by atoms with Gasteiger partial charge in [-0.15, -0.1) is 0 Å². The number of aryl methyl sites for hydroxylation is 1. The van der Waals surface area contributed by atoms with Gasteiger partial charge < -0.3 is 10.8 Å². The molecule has 0 saturated carbocycles. The first-order valence-electron chi connectivity index (χ1n) is 3.74. The van der Waals surface area contributed by atoms with E-state index in [0.717, 1.165) is 5.69 Å². The third-order valence-corrected chi connectivity index (χ3v) is 1.48. The molecule has 1 heterocycles. The lowest BCUT2D eigenvalue weighted by atomic mass is 10.2. The molecule has 0 radical (unpaired) electrons. The quantitative estimate of drug-likeness (QED) is 0.685. The van der Waals surface area contributed by atoms with Crippen LogP contribution in [0.25, 0.3) is 6.08 Å². The Bertz CT molecular complexity index is 295. The van der Waals surface area contributed by atoms with Crippen LogP contribution in [0.15, 0.2) is 18.2 Å². The average molecular weight is 164 g/mol. The van der Waals surface area contributed by atoms with E-state index in [1.165, 1.54) is 0 Å². The number of rotatable bonds is 2. The molecule has 0 bridgehead atoms. The molecular formula is C9H12N2O. The van der Waals surface area contributed by atoms with Crippen molar-refractivity contribution in [1.82, 2.24) is 4.98 Å². The van der Waals surface area contributed by atoms with Crippen LogP contribution in [0.5, 0.6) is 0 Å². The van der Waals surface area contributed by atoms with Crippen molar-refractivity contribution >= 4 is 11.8 Å². The fourth-order valence-corrected chi connectivity index (χ4v) is 0.885. The summed E-state index contributed by atoms with van der Waals surface area (Å²) in [7, 11) is 0. The van der Waals surface area contributed by atoms with Crippen LogP contribution >= 0.6 is 0 Å². The molecule has 3 heteroatoms. The highest BCUT2D eigenvalue weighted by atomic mass is 16.2. The molecule has 1 rings (SSSR count). The molecule has 1 aromatic rings. The second-order valence-corrected chi connectivity index (χ2v) is 2.51. The Morgan fingerprint density at radius 1 is 1.58 bits per heavy atom. The molecule has 0 amide bonds. The van der Waals surface area contributed by atoms with E-state index in [4.69, 9.17) is 10.8 Å². The Morgan fingerprint density at radius 3 is 3.00 bits per heavy atom. The number of hydrogen-bond donors (Lipinski definition) is 2. The zero-order valence-electron chi connectivity index (χ0n) is 6.99. The van der Waals surface area contributed by atoms with Gasteiger partial charge in [-0.05, 0) is 25.1 Å². The Hall–Kier alpha value is -1.35. The van der Waals surface area contributed by atoms with Gasteiger partial charge >= 0.3 is 0 Å². The van der Waals surface area contributed by atoms with E-state index in [-0.39, 0.29) is 6.61 Å². The summed E-state index contributed by atoms with van der Waals surface area (Å²) in [5, 5.41) is 8.53. The number of nitrogen functional groups attached to an aromatic ring is 1. The maximum absolute atomic E-state index is 8.53. The molecule has 0 aliphatic rings. The van der Waals surface area contributed by atoms with Crippen molar-refractivity contribution in [2.24, 2.45) is 0 Å². The van der Waals surface area contributed by atoms with E-state index >= 15 is 0 Å².